The van der Waals surface area contributed by atoms with Crippen LogP contribution in [-0.4, -0.2) is 104 Å². The molecule has 6 atom stereocenters. The lowest BCUT2D eigenvalue weighted by Crippen LogP contribution is -2.68. The van der Waals surface area contributed by atoms with Crippen LogP contribution in [0.15, 0.2) is 35.4 Å². The third kappa shape index (κ3) is 8.19. The minimum atomic E-state index is -3.06. The average Bonchev–Trinajstić information content (AvgIpc) is 3.81. The monoisotopic (exact) mass is 918 g/mol. The molecule has 1 saturated carbocycles. The molecule has 1 aromatic carbocycles. The smallest absolute Gasteiger partial charge is 0.414 e. The number of amides is 1. The Labute approximate surface area is 385 Å². The summed E-state index contributed by atoms with van der Waals surface area (Å²) in [6.45, 7) is 29.7. The topological polar surface area (TPSA) is 144 Å². The summed E-state index contributed by atoms with van der Waals surface area (Å²) in [5, 5.41) is 16.9. The zero-order valence-electron chi connectivity index (χ0n) is 40.5. The van der Waals surface area contributed by atoms with Gasteiger partial charge in [0.05, 0.1) is 30.5 Å². The van der Waals surface area contributed by atoms with E-state index in [0.717, 1.165) is 19.3 Å². The number of anilines is 1. The van der Waals surface area contributed by atoms with Crippen LogP contribution >= 0.6 is 0 Å². The normalized spacial score (nSPS) is 25.4. The van der Waals surface area contributed by atoms with Crippen molar-refractivity contribution in [2.45, 2.75) is 142 Å². The van der Waals surface area contributed by atoms with E-state index in [4.69, 9.17) is 23.2 Å². The van der Waals surface area contributed by atoms with Crippen LogP contribution in [0.3, 0.4) is 0 Å². The van der Waals surface area contributed by atoms with Crippen molar-refractivity contribution in [2.75, 3.05) is 51.3 Å². The number of fused-ring (bicyclic) bond motifs is 7. The molecule has 15 heteroatoms. The van der Waals surface area contributed by atoms with E-state index in [9.17, 15) is 9.90 Å². The summed E-state index contributed by atoms with van der Waals surface area (Å²) in [6.07, 6.45) is 6.68. The summed E-state index contributed by atoms with van der Waals surface area (Å²) in [5.41, 5.74) is -2.29. The maximum atomic E-state index is 18.2. The molecule has 1 N–H and O–H groups in total. The minimum absolute atomic E-state index is 0.0135. The van der Waals surface area contributed by atoms with Crippen molar-refractivity contribution >= 4 is 37.4 Å². The van der Waals surface area contributed by atoms with Crippen LogP contribution in [0.25, 0.3) is 5.76 Å². The molecular formula is C50H71FN4O9Si. The van der Waals surface area contributed by atoms with Gasteiger partial charge in [-0.1, -0.05) is 59.6 Å². The fourth-order valence-corrected chi connectivity index (χ4v) is 12.0. The molecule has 3 heterocycles. The van der Waals surface area contributed by atoms with Crippen molar-refractivity contribution in [1.82, 2.24) is 15.0 Å². The number of aromatic nitrogens is 1. The molecule has 1 amide bonds. The van der Waals surface area contributed by atoms with E-state index in [1.54, 1.807) is 32.9 Å². The molecule has 2 fully saturated rings. The maximum Gasteiger partial charge on any atom is 0.414 e. The molecule has 7 rings (SSSR count). The van der Waals surface area contributed by atoms with Crippen LogP contribution in [0.1, 0.15) is 139 Å². The van der Waals surface area contributed by atoms with Crippen molar-refractivity contribution in [1.29, 1.82) is 0 Å². The number of Topliss-reactive ketones (excluding diaryl/α,β-unsaturated/α-hetero) is 2. The first-order valence-corrected chi connectivity index (χ1v) is 26.5. The van der Waals surface area contributed by atoms with Gasteiger partial charge >= 0.3 is 6.09 Å². The number of carbonyl (C=O) groups excluding carboxylic acids is 3. The molecule has 5 aliphatic rings. The number of aliphatic hydroxyl groups is 1. The second-order valence-corrected chi connectivity index (χ2v) is 25.9. The molecule has 1 aromatic heterocycles. The minimum Gasteiger partial charge on any atom is -0.507 e. The summed E-state index contributed by atoms with van der Waals surface area (Å²) in [7, 11) is -1.10. The lowest BCUT2D eigenvalue weighted by Gasteiger charge is -2.55. The Kier molecular flexibility index (Phi) is 13.5. The molecule has 65 heavy (non-hydrogen) atoms. The van der Waals surface area contributed by atoms with E-state index in [2.05, 4.69) is 23.2 Å². The van der Waals surface area contributed by atoms with Gasteiger partial charge in [0.1, 0.15) is 22.7 Å². The van der Waals surface area contributed by atoms with Gasteiger partial charge < -0.3 is 28.3 Å². The van der Waals surface area contributed by atoms with Gasteiger partial charge in [0.2, 0.25) is 11.6 Å². The number of ketones is 2. The molecule has 2 aliphatic heterocycles. The first-order valence-electron chi connectivity index (χ1n) is 23.6. The van der Waals surface area contributed by atoms with Crippen LogP contribution < -0.4 is 14.4 Å². The molecule has 2 aromatic rings. The molecule has 356 valence electrons. The highest BCUT2D eigenvalue weighted by Gasteiger charge is 2.69. The number of rotatable bonds is 15. The van der Waals surface area contributed by atoms with E-state index in [-0.39, 0.29) is 89.9 Å². The van der Waals surface area contributed by atoms with E-state index in [1.807, 2.05) is 59.7 Å². The number of likely N-dealkylation sites (tertiary alicyclic amines) is 1. The zero-order chi connectivity index (χ0) is 47.6. The third-order valence-corrected chi connectivity index (χ3v) is 19.0. The lowest BCUT2D eigenvalue weighted by atomic mass is 9.57. The van der Waals surface area contributed by atoms with Crippen molar-refractivity contribution in [3.63, 3.8) is 0 Å². The second-order valence-electron chi connectivity index (χ2n) is 21.2. The van der Waals surface area contributed by atoms with E-state index in [0.29, 0.717) is 38.0 Å². The zero-order valence-corrected chi connectivity index (χ0v) is 41.5. The summed E-state index contributed by atoms with van der Waals surface area (Å²) >= 11 is 0. The molecule has 13 nitrogen and oxygen atoms in total. The van der Waals surface area contributed by atoms with Gasteiger partial charge in [-0.05, 0) is 102 Å². The van der Waals surface area contributed by atoms with Crippen LogP contribution in [0.4, 0.5) is 14.9 Å². The molecule has 0 bridgehead atoms. The van der Waals surface area contributed by atoms with Crippen molar-refractivity contribution in [2.24, 2.45) is 17.8 Å². The summed E-state index contributed by atoms with van der Waals surface area (Å²) in [5.74, 6) is -3.71. The number of benzene rings is 1. The average molecular weight is 919 g/mol. The van der Waals surface area contributed by atoms with Gasteiger partial charge in [0, 0.05) is 48.3 Å². The van der Waals surface area contributed by atoms with Gasteiger partial charge in [0.15, 0.2) is 25.4 Å². The first kappa shape index (κ1) is 48.6. The molecule has 3 aliphatic carbocycles. The van der Waals surface area contributed by atoms with Crippen LogP contribution in [0.2, 0.25) is 18.1 Å². The SMILES string of the molecule is C=CCN(CC=C)[C@@H]1c2onc(OCCCC)c2C(=O)[C@@]2(O[Si](C)(C)C(C)(C)C)C(=O)C3=C(O)c4c(c(F)c5c(c4OCCCC)N(C(=O)OC(C)(C)C)CC4CCN(C)C54)C[C@H]3C[C@@H]12. The van der Waals surface area contributed by atoms with Gasteiger partial charge in [-0.3, -0.25) is 24.3 Å². The lowest BCUT2D eigenvalue weighted by molar-refractivity contribution is -0.141. The Morgan fingerprint density at radius 1 is 1.03 bits per heavy atom. The number of halogens is 1. The predicted molar refractivity (Wildman–Crippen MR) is 251 cm³/mol. The Morgan fingerprint density at radius 2 is 1.68 bits per heavy atom. The second kappa shape index (κ2) is 18.1. The molecule has 2 unspecified atom stereocenters. The summed E-state index contributed by atoms with van der Waals surface area (Å²) in [4.78, 5) is 52.0. The number of carbonyl (C=O) groups is 3. The van der Waals surface area contributed by atoms with Gasteiger partial charge in [0.25, 0.3) is 5.88 Å². The van der Waals surface area contributed by atoms with Crippen molar-refractivity contribution < 1.29 is 47.0 Å². The van der Waals surface area contributed by atoms with E-state index >= 15 is 14.0 Å². The number of nitrogens with zero attached hydrogens (tertiary/aromatic N) is 4. The highest BCUT2D eigenvalue weighted by Crippen LogP contribution is 2.61. The van der Waals surface area contributed by atoms with Gasteiger partial charge in [-0.2, -0.15) is 0 Å². The number of unbranched alkanes of at least 4 members (excludes halogenated alkanes) is 2. The van der Waals surface area contributed by atoms with Crippen LogP contribution in [0.5, 0.6) is 11.6 Å². The Morgan fingerprint density at radius 3 is 2.28 bits per heavy atom. The maximum absolute atomic E-state index is 18.2. The van der Waals surface area contributed by atoms with Crippen LogP contribution in [-0.2, 0) is 20.4 Å². The number of ether oxygens (including phenoxy) is 3. The van der Waals surface area contributed by atoms with Crippen molar-refractivity contribution in [3.05, 3.63) is 64.7 Å². The van der Waals surface area contributed by atoms with E-state index in [1.165, 1.54) is 4.90 Å². The molecular weight excluding hydrogens is 848 g/mol. The highest BCUT2D eigenvalue weighted by molar-refractivity contribution is 6.74. The van der Waals surface area contributed by atoms with Crippen LogP contribution in [0, 0.1) is 23.6 Å². The fourth-order valence-electron chi connectivity index (χ4n) is 10.6. The Bertz CT molecular complexity index is 2250. The molecule has 0 spiro atoms. The Balaban J connectivity index is 1.53. The third-order valence-electron chi connectivity index (χ3n) is 14.6. The highest BCUT2D eigenvalue weighted by atomic mass is 28.4. The summed E-state index contributed by atoms with van der Waals surface area (Å²) < 4.78 is 50.4. The molecule has 1 saturated heterocycles. The standard InChI is InChI=1S/C50H71FN4O9Si/c1-14-18-24-60-42-34-31(37(51)35-38-29(20-23-53(38)11)28-55(40(35)42)47(59)62-48(5,6)7)26-30-27-32-39(54(21-16-3)22-17-4)43-36(46(52-63-43)61-25-19-15-2)45(58)50(32,44(57)33(30)41(34)56)64-65(12,13)49(8,9)10/h16-17,29-30,32,38-39,56H,3-4,14-15,18-28H2,1-2,5-13H3/t29?,30-,32-,38?,39-,50-/m0/s1. The van der Waals surface area contributed by atoms with Gasteiger partial charge in [-0.25, -0.2) is 9.18 Å². The van der Waals surface area contributed by atoms with Crippen molar-refractivity contribution in [3.8, 4) is 11.6 Å². The first-order chi connectivity index (χ1) is 30.6. The van der Waals surface area contributed by atoms with Gasteiger partial charge in [-0.15, -0.1) is 13.2 Å². The number of hydrogen-bond donors (Lipinski definition) is 1. The van der Waals surface area contributed by atoms with E-state index < -0.39 is 71.7 Å². The largest absolute Gasteiger partial charge is 0.507 e. The summed E-state index contributed by atoms with van der Waals surface area (Å²) in [6, 6.07) is -1.14. The Hall–Kier alpha value is -4.31. The molecule has 0 radical (unpaired) electrons. The predicted octanol–water partition coefficient (Wildman–Crippen LogP) is 10.3. The quantitative estimate of drug-likeness (QED) is 0.0786. The number of aliphatic hydroxyl groups excluding tert-OH is 1. The fraction of sp³-hybridized carbons (Fsp3) is 0.640. The number of hydrogen-bond acceptors (Lipinski definition) is 12.